The van der Waals surface area contributed by atoms with Gasteiger partial charge in [-0.2, -0.15) is 18.2 Å². The van der Waals surface area contributed by atoms with Crippen LogP contribution in [0, 0.1) is 24.3 Å². The monoisotopic (exact) mass is 312 g/mol. The Kier molecular flexibility index (Phi) is 7.08. The third kappa shape index (κ3) is 5.81. The van der Waals surface area contributed by atoms with Gasteiger partial charge in [-0.05, 0) is 0 Å². The Bertz CT molecular complexity index is 144. The van der Waals surface area contributed by atoms with Crippen LogP contribution < -0.4 is 0 Å². The fraction of sp³-hybridized carbons (Fsp3) is 0. The Morgan fingerprint density at radius 3 is 1.64 bits per heavy atom. The molecule has 0 radical (unpaired) electrons. The molecule has 0 aliphatic rings. The van der Waals surface area contributed by atoms with Crippen LogP contribution in [0.25, 0.3) is 0 Å². The molecule has 0 fully saturated rings. The molecule has 0 spiro atoms. The van der Waals surface area contributed by atoms with Crippen molar-refractivity contribution in [3.63, 3.8) is 0 Å². The van der Waals surface area contributed by atoms with Crippen molar-refractivity contribution in [1.82, 2.24) is 0 Å². The zero-order valence-corrected chi connectivity index (χ0v) is 9.56. The third-order valence-electron chi connectivity index (χ3n) is 0.907. The summed E-state index contributed by atoms with van der Waals surface area (Å²) in [4.78, 5) is 0. The fourth-order valence-electron chi connectivity index (χ4n) is 0.501. The Balaban J connectivity index is 0.000000167. The second-order valence-electron chi connectivity index (χ2n) is 1.65. The predicted octanol–water partition coefficient (Wildman–Crippen LogP) is 1.47. The molecule has 0 unspecified atom stereocenters. The summed E-state index contributed by atoms with van der Waals surface area (Å²) in [6.45, 7) is 0. The Morgan fingerprint density at radius 2 is 1.45 bits per heavy atom. The first-order valence-electron chi connectivity index (χ1n) is 2.99. The van der Waals surface area contributed by atoms with Gasteiger partial charge in [0.15, 0.2) is 0 Å². The maximum absolute atomic E-state index is 2.62. The van der Waals surface area contributed by atoms with E-state index in [-0.39, 0.29) is 21.1 Å². The van der Waals surface area contributed by atoms with E-state index in [0.29, 0.717) is 0 Å². The average Bonchev–Trinajstić information content (AvgIpc) is 2.67. The summed E-state index contributed by atoms with van der Waals surface area (Å²) in [7, 11) is 0. The second-order valence-corrected chi connectivity index (χ2v) is 1.65. The Labute approximate surface area is 81.9 Å². The van der Waals surface area contributed by atoms with Crippen molar-refractivity contribution in [1.29, 1.82) is 0 Å². The van der Waals surface area contributed by atoms with Gasteiger partial charge >= 0.3 is 21.1 Å². The quantitative estimate of drug-likeness (QED) is 0.647. The van der Waals surface area contributed by atoms with Crippen molar-refractivity contribution in [2.75, 3.05) is 0 Å². The molecule has 0 aliphatic heterocycles. The van der Waals surface area contributed by atoms with E-state index in [1.807, 2.05) is 30.3 Å². The molecule has 0 aromatic heterocycles. The number of hydrogen-bond acceptors (Lipinski definition) is 0. The molecule has 0 amide bonds. The summed E-state index contributed by atoms with van der Waals surface area (Å²) in [5.41, 5.74) is 0. The minimum Gasteiger partial charge on any atom is -0.999 e. The Morgan fingerprint density at radius 1 is 0.909 bits per heavy atom. The van der Waals surface area contributed by atoms with Gasteiger partial charge in [-0.1, -0.05) is 0 Å². The summed E-state index contributed by atoms with van der Waals surface area (Å²) < 4.78 is 0. The summed E-state index contributed by atoms with van der Waals surface area (Å²) in [6.07, 6.45) is 0. The van der Waals surface area contributed by atoms with E-state index in [1.54, 1.807) is 6.07 Å². The van der Waals surface area contributed by atoms with Gasteiger partial charge in [0.2, 0.25) is 0 Å². The normalized spacial score (nSPS) is 7.27. The molecule has 2 rings (SSSR count). The average molecular weight is 312 g/mol. The van der Waals surface area contributed by atoms with Gasteiger partial charge in [0.25, 0.3) is 0 Å². The first-order valence-corrected chi connectivity index (χ1v) is 2.99. The van der Waals surface area contributed by atoms with Crippen molar-refractivity contribution in [3.8, 4) is 0 Å². The molecule has 2 aromatic rings. The van der Waals surface area contributed by atoms with Gasteiger partial charge in [0.05, 0.1) is 0 Å². The molecule has 11 heavy (non-hydrogen) atoms. The minimum atomic E-state index is 0. The third-order valence-corrected chi connectivity index (χ3v) is 0.907. The van der Waals surface area contributed by atoms with Crippen molar-refractivity contribution in [2.45, 2.75) is 0 Å². The molecule has 0 bridgehead atoms. The largest absolute Gasteiger partial charge is 0.999 e. The van der Waals surface area contributed by atoms with Crippen LogP contribution in [0.2, 0.25) is 0 Å². The van der Waals surface area contributed by atoms with Gasteiger partial charge in [0.1, 0.15) is 0 Å². The van der Waals surface area contributed by atoms with Crippen LogP contribution in [-0.2, 0) is 21.1 Å². The number of rotatable bonds is 0. The van der Waals surface area contributed by atoms with Crippen LogP contribution in [0.15, 0.2) is 36.4 Å². The molecule has 0 aliphatic carbocycles. The smallest absolute Gasteiger partial charge is 0.172 e. The minimum absolute atomic E-state index is 0. The van der Waals surface area contributed by atoms with E-state index in [4.69, 9.17) is 0 Å². The summed E-state index contributed by atoms with van der Waals surface area (Å²) in [5.74, 6) is 0. The maximum atomic E-state index is 2.62. The molecule has 0 atom stereocenters. The predicted molar refractivity (Wildman–Crippen MR) is 42.2 cm³/mol. The summed E-state index contributed by atoms with van der Waals surface area (Å²) >= 11 is 0. The van der Waals surface area contributed by atoms with Gasteiger partial charge < -0.3 is 30.3 Å². The zero-order valence-electron chi connectivity index (χ0n) is 5.96. The molecule has 0 saturated carbocycles. The SMILES string of the molecule is [WH2].[c-]1[c-][c-][cH-][c-]1.c1cc[cH-]c1. The maximum Gasteiger partial charge on any atom is -0.172 e. The van der Waals surface area contributed by atoms with Crippen molar-refractivity contribution in [3.05, 3.63) is 60.7 Å². The summed E-state index contributed by atoms with van der Waals surface area (Å²) in [5, 5.41) is 0. The van der Waals surface area contributed by atoms with Crippen LogP contribution >= 0.6 is 0 Å². The second kappa shape index (κ2) is 7.49. The van der Waals surface area contributed by atoms with Gasteiger partial charge in [-0.25, -0.2) is 12.1 Å². The molecular formula is C10H8W-6. The molecule has 0 nitrogen and oxygen atoms in total. The topological polar surface area (TPSA) is 0 Å². The first kappa shape index (κ1) is 10.4. The molecule has 0 N–H and O–H groups in total. The first-order chi connectivity index (χ1) is 5.00. The van der Waals surface area contributed by atoms with Crippen LogP contribution in [-0.4, -0.2) is 0 Å². The van der Waals surface area contributed by atoms with E-state index in [9.17, 15) is 0 Å². The van der Waals surface area contributed by atoms with Crippen molar-refractivity contribution in [2.24, 2.45) is 0 Å². The van der Waals surface area contributed by atoms with Gasteiger partial charge in [0, 0.05) is 0 Å². The molecule has 0 saturated heterocycles. The van der Waals surface area contributed by atoms with Crippen LogP contribution in [0.3, 0.4) is 0 Å². The molecular weight excluding hydrogens is 304 g/mol. The number of hydrogen-bond donors (Lipinski definition) is 0. The van der Waals surface area contributed by atoms with Gasteiger partial charge in [-0.3, -0.25) is 0 Å². The van der Waals surface area contributed by atoms with E-state index < -0.39 is 0 Å². The van der Waals surface area contributed by atoms with E-state index >= 15 is 0 Å². The van der Waals surface area contributed by atoms with Gasteiger partial charge in [-0.15, -0.1) is 0 Å². The van der Waals surface area contributed by atoms with Crippen LogP contribution in [0.5, 0.6) is 0 Å². The zero-order chi connectivity index (χ0) is 7.07. The molecule has 0 heterocycles. The standard InChI is InChI=1S/C5H5.C5H.W.2H/c2*1-2-4-5-3-1;;;/h1-5H;1H;;;/q-1;-5;;;. The van der Waals surface area contributed by atoms with Crippen molar-refractivity contribution >= 4 is 0 Å². The summed E-state index contributed by atoms with van der Waals surface area (Å²) in [6, 6.07) is 22.0. The molecule has 1 heteroatoms. The van der Waals surface area contributed by atoms with E-state index in [0.717, 1.165) is 0 Å². The van der Waals surface area contributed by atoms with Crippen molar-refractivity contribution < 1.29 is 21.1 Å². The molecule has 60 valence electrons. The van der Waals surface area contributed by atoms with E-state index in [2.05, 4.69) is 24.3 Å². The van der Waals surface area contributed by atoms with E-state index in [1.165, 1.54) is 0 Å². The molecule has 2 aromatic carbocycles. The van der Waals surface area contributed by atoms with Crippen LogP contribution in [0.4, 0.5) is 0 Å². The van der Waals surface area contributed by atoms with Crippen LogP contribution in [0.1, 0.15) is 0 Å². The Hall–Kier alpha value is -0.612. The fourth-order valence-corrected chi connectivity index (χ4v) is 0.501.